The zero-order valence-corrected chi connectivity index (χ0v) is 20.5. The third-order valence-corrected chi connectivity index (χ3v) is 6.90. The highest BCUT2D eigenvalue weighted by molar-refractivity contribution is 7.80. The van der Waals surface area contributed by atoms with Crippen LogP contribution < -0.4 is 0 Å². The molecule has 164 valence electrons. The van der Waals surface area contributed by atoms with Gasteiger partial charge in [0.1, 0.15) is 0 Å². The van der Waals surface area contributed by atoms with Gasteiger partial charge in [0.25, 0.3) is 0 Å². The van der Waals surface area contributed by atoms with E-state index in [1.807, 2.05) is 0 Å². The summed E-state index contributed by atoms with van der Waals surface area (Å²) in [5, 5.41) is 0. The Morgan fingerprint density at radius 2 is 0.786 bits per heavy atom. The second-order valence-electron chi connectivity index (χ2n) is 8.50. The van der Waals surface area contributed by atoms with Crippen LogP contribution in [0.4, 0.5) is 0 Å². The second-order valence-corrected chi connectivity index (χ2v) is 9.45. The lowest BCUT2D eigenvalue weighted by molar-refractivity contribution is 0.258. The molecule has 1 aliphatic heterocycles. The van der Waals surface area contributed by atoms with Gasteiger partial charge < -0.3 is 9.80 Å². The van der Waals surface area contributed by atoms with Crippen molar-refractivity contribution in [2.75, 3.05) is 26.2 Å². The predicted molar refractivity (Wildman–Crippen MR) is 134 cm³/mol. The van der Waals surface area contributed by atoms with Crippen LogP contribution in [0.5, 0.6) is 0 Å². The van der Waals surface area contributed by atoms with Crippen molar-refractivity contribution < 1.29 is 0 Å². The van der Waals surface area contributed by atoms with Crippen LogP contribution in [0.1, 0.15) is 117 Å². The summed E-state index contributed by atoms with van der Waals surface area (Å²) in [6.45, 7) is 8.80. The Labute approximate surface area is 186 Å². The molecule has 0 spiro atoms. The normalized spacial score (nSPS) is 14.5. The van der Waals surface area contributed by atoms with E-state index >= 15 is 0 Å². The topological polar surface area (TPSA) is 6.48 Å². The average Bonchev–Trinajstić information content (AvgIpc) is 2.72. The Kier molecular flexibility index (Phi) is 16.2. The van der Waals surface area contributed by atoms with Gasteiger partial charge in [-0.1, -0.05) is 115 Å². The largest absolute Gasteiger partial charge is 0.363 e. The molecule has 0 amide bonds. The first-order valence-electron chi connectivity index (χ1n) is 12.2. The Bertz CT molecular complexity index is 365. The monoisotopic (exact) mass is 426 g/mol. The number of piperazine rings is 1. The summed E-state index contributed by atoms with van der Waals surface area (Å²) in [6.07, 6.45) is 21.2. The van der Waals surface area contributed by atoms with E-state index < -0.39 is 0 Å². The van der Waals surface area contributed by atoms with E-state index in [9.17, 15) is 0 Å². The first-order valence-corrected chi connectivity index (χ1v) is 13.1. The van der Waals surface area contributed by atoms with Crippen molar-refractivity contribution in [3.05, 3.63) is 0 Å². The van der Waals surface area contributed by atoms with Gasteiger partial charge in [0, 0.05) is 26.2 Å². The van der Waals surface area contributed by atoms with Gasteiger partial charge in [-0.3, -0.25) is 0 Å². The predicted octanol–water partition coefficient (Wildman–Crippen LogP) is 7.54. The molecule has 0 aromatic carbocycles. The molecule has 0 aliphatic carbocycles. The van der Waals surface area contributed by atoms with Crippen molar-refractivity contribution in [3.63, 3.8) is 0 Å². The first kappa shape index (κ1) is 25.8. The van der Waals surface area contributed by atoms with E-state index in [0.717, 1.165) is 39.0 Å². The van der Waals surface area contributed by atoms with Gasteiger partial charge >= 0.3 is 0 Å². The maximum Gasteiger partial charge on any atom is 0.0780 e. The average molecular weight is 427 g/mol. The molecule has 0 bridgehead atoms. The molecule has 1 saturated heterocycles. The van der Waals surface area contributed by atoms with E-state index in [4.69, 9.17) is 24.4 Å². The minimum absolute atomic E-state index is 1.06. The lowest BCUT2D eigenvalue weighted by Gasteiger charge is -2.37. The van der Waals surface area contributed by atoms with Gasteiger partial charge in [0.2, 0.25) is 0 Å². The summed E-state index contributed by atoms with van der Waals surface area (Å²) < 4.78 is 0. The van der Waals surface area contributed by atoms with Crippen LogP contribution in [0, 0.1) is 0 Å². The SMILES string of the molecule is CCCCCCCCCC(=S)N1CCN(C(=S)CCCCCCCCC)CC1. The number of rotatable bonds is 16. The molecule has 1 aliphatic rings. The molecular weight excluding hydrogens is 380 g/mol. The minimum Gasteiger partial charge on any atom is -0.363 e. The number of hydrogen-bond acceptors (Lipinski definition) is 2. The molecule has 1 fully saturated rings. The van der Waals surface area contributed by atoms with Gasteiger partial charge in [0.15, 0.2) is 0 Å². The molecule has 0 aromatic rings. The molecule has 28 heavy (non-hydrogen) atoms. The third-order valence-electron chi connectivity index (χ3n) is 5.97. The van der Waals surface area contributed by atoms with Crippen LogP contribution in [0.2, 0.25) is 0 Å². The summed E-state index contributed by atoms with van der Waals surface area (Å²) in [5.41, 5.74) is 0. The molecule has 0 atom stereocenters. The number of thiocarbonyl (C=S) groups is 2. The molecule has 0 radical (unpaired) electrons. The maximum atomic E-state index is 5.70. The van der Waals surface area contributed by atoms with Gasteiger partial charge in [-0.05, 0) is 25.7 Å². The maximum absolute atomic E-state index is 5.70. The van der Waals surface area contributed by atoms with Gasteiger partial charge in [-0.2, -0.15) is 0 Å². The molecule has 0 aromatic heterocycles. The fraction of sp³-hybridized carbons (Fsp3) is 0.917. The smallest absolute Gasteiger partial charge is 0.0780 e. The molecule has 4 heteroatoms. The van der Waals surface area contributed by atoms with Crippen molar-refractivity contribution in [2.45, 2.75) is 117 Å². The fourth-order valence-corrected chi connectivity index (χ4v) is 4.64. The van der Waals surface area contributed by atoms with E-state index in [1.165, 1.54) is 99.9 Å². The van der Waals surface area contributed by atoms with Crippen LogP contribution in [0.25, 0.3) is 0 Å². The van der Waals surface area contributed by atoms with Crippen LogP contribution in [-0.4, -0.2) is 46.0 Å². The highest BCUT2D eigenvalue weighted by Gasteiger charge is 2.20. The quantitative estimate of drug-likeness (QED) is 0.186. The van der Waals surface area contributed by atoms with Crippen molar-refractivity contribution >= 4 is 34.4 Å². The van der Waals surface area contributed by atoms with Gasteiger partial charge in [-0.15, -0.1) is 0 Å². The minimum atomic E-state index is 1.06. The lowest BCUT2D eigenvalue weighted by atomic mass is 10.1. The fourth-order valence-electron chi connectivity index (χ4n) is 3.99. The summed E-state index contributed by atoms with van der Waals surface area (Å²) in [7, 11) is 0. The Morgan fingerprint density at radius 3 is 1.11 bits per heavy atom. The van der Waals surface area contributed by atoms with E-state index in [-0.39, 0.29) is 0 Å². The van der Waals surface area contributed by atoms with E-state index in [2.05, 4.69) is 23.6 Å². The molecule has 1 rings (SSSR count). The molecule has 0 saturated carbocycles. The molecule has 0 unspecified atom stereocenters. The zero-order chi connectivity index (χ0) is 20.5. The van der Waals surface area contributed by atoms with Gasteiger partial charge in [-0.25, -0.2) is 0 Å². The van der Waals surface area contributed by atoms with Crippen molar-refractivity contribution in [1.29, 1.82) is 0 Å². The highest BCUT2D eigenvalue weighted by Crippen LogP contribution is 2.14. The molecule has 1 heterocycles. The summed E-state index contributed by atoms with van der Waals surface area (Å²) in [5.74, 6) is 0. The summed E-state index contributed by atoms with van der Waals surface area (Å²) in [4.78, 5) is 7.23. The second kappa shape index (κ2) is 17.6. The lowest BCUT2D eigenvalue weighted by Crippen LogP contribution is -2.49. The first-order chi connectivity index (χ1) is 13.7. The van der Waals surface area contributed by atoms with E-state index in [1.54, 1.807) is 0 Å². The Hall–Kier alpha value is -0.220. The van der Waals surface area contributed by atoms with Crippen molar-refractivity contribution in [2.24, 2.45) is 0 Å². The van der Waals surface area contributed by atoms with Crippen LogP contribution in [0.3, 0.4) is 0 Å². The number of unbranched alkanes of at least 4 members (excludes halogenated alkanes) is 12. The summed E-state index contributed by atoms with van der Waals surface area (Å²) >= 11 is 11.4. The number of hydrogen-bond donors (Lipinski definition) is 0. The van der Waals surface area contributed by atoms with Gasteiger partial charge in [0.05, 0.1) is 9.98 Å². The molecule has 2 nitrogen and oxygen atoms in total. The zero-order valence-electron chi connectivity index (χ0n) is 18.9. The summed E-state index contributed by atoms with van der Waals surface area (Å²) in [6, 6.07) is 0. The highest BCUT2D eigenvalue weighted by atomic mass is 32.1. The van der Waals surface area contributed by atoms with Crippen LogP contribution in [-0.2, 0) is 0 Å². The number of nitrogens with zero attached hydrogens (tertiary/aromatic N) is 2. The van der Waals surface area contributed by atoms with Crippen molar-refractivity contribution in [1.82, 2.24) is 9.80 Å². The molecular formula is C24H46N2S2. The van der Waals surface area contributed by atoms with Crippen LogP contribution in [0.15, 0.2) is 0 Å². The third kappa shape index (κ3) is 12.4. The standard InChI is InChI=1S/C24H46N2S2/c1-3-5-7-9-11-13-15-17-23(27)25-19-21-26(22-20-25)24(28)18-16-14-12-10-8-6-4-2/h3-22H2,1-2H3. The van der Waals surface area contributed by atoms with Crippen molar-refractivity contribution in [3.8, 4) is 0 Å². The Morgan fingerprint density at radius 1 is 0.500 bits per heavy atom. The van der Waals surface area contributed by atoms with Crippen LogP contribution >= 0.6 is 24.4 Å². The molecule has 0 N–H and O–H groups in total. The Balaban J connectivity index is 2.04. The van der Waals surface area contributed by atoms with E-state index in [0.29, 0.717) is 0 Å².